The molecule has 0 radical (unpaired) electrons. The first-order valence-electron chi connectivity index (χ1n) is 6.61. The van der Waals surface area contributed by atoms with Gasteiger partial charge in [0.1, 0.15) is 6.10 Å². The number of carbonyl (C=O) groups excluding carboxylic acids is 1. The first kappa shape index (κ1) is 12.6. The Morgan fingerprint density at radius 2 is 2.26 bits per heavy atom. The van der Waals surface area contributed by atoms with Crippen LogP contribution in [0.1, 0.15) is 19.8 Å². The molecule has 0 spiro atoms. The highest BCUT2D eigenvalue weighted by Crippen LogP contribution is 2.48. The Morgan fingerprint density at radius 1 is 1.53 bits per heavy atom. The quantitative estimate of drug-likeness (QED) is 0.422. The van der Waals surface area contributed by atoms with Crippen molar-refractivity contribution in [3.63, 3.8) is 0 Å². The molecule has 0 unspecified atom stereocenters. The molecule has 3 rings (SSSR count). The molecule has 0 aromatic rings. The van der Waals surface area contributed by atoms with Crippen molar-refractivity contribution in [1.29, 1.82) is 0 Å². The Kier molecular flexibility index (Phi) is 2.87. The zero-order valence-electron chi connectivity index (χ0n) is 10.9. The van der Waals surface area contributed by atoms with Crippen LogP contribution in [0.25, 0.3) is 0 Å². The predicted molar refractivity (Wildman–Crippen MR) is 69.1 cm³/mol. The molecule has 0 aromatic carbocycles. The van der Waals surface area contributed by atoms with Crippen LogP contribution in [-0.4, -0.2) is 35.0 Å². The lowest BCUT2D eigenvalue weighted by Crippen LogP contribution is -2.28. The van der Waals surface area contributed by atoms with Gasteiger partial charge in [-0.05, 0) is 30.9 Å². The molecule has 2 N–H and O–H groups in total. The molecule has 0 aromatic heterocycles. The summed E-state index contributed by atoms with van der Waals surface area (Å²) in [6.07, 6.45) is 2.29. The summed E-state index contributed by atoms with van der Waals surface area (Å²) in [5.74, 6) is -0.617. The van der Waals surface area contributed by atoms with Crippen molar-refractivity contribution in [2.24, 2.45) is 11.8 Å². The number of fused-ring (bicyclic) bond motifs is 3. The average molecular weight is 262 g/mol. The second-order valence-corrected chi connectivity index (χ2v) is 5.58. The second kappa shape index (κ2) is 4.32. The molecule has 4 nitrogen and oxygen atoms in total. The van der Waals surface area contributed by atoms with E-state index >= 15 is 0 Å². The summed E-state index contributed by atoms with van der Waals surface area (Å²) in [6.45, 7) is 5.69. The Bertz CT molecular complexity index is 514. The van der Waals surface area contributed by atoms with Crippen molar-refractivity contribution < 1.29 is 19.7 Å². The minimum absolute atomic E-state index is 0.0369. The van der Waals surface area contributed by atoms with E-state index in [0.717, 1.165) is 23.1 Å². The van der Waals surface area contributed by atoms with Crippen LogP contribution in [0.4, 0.5) is 0 Å². The topological polar surface area (TPSA) is 66.8 Å². The molecule has 0 amide bonds. The highest BCUT2D eigenvalue weighted by molar-refractivity contribution is 5.91. The van der Waals surface area contributed by atoms with E-state index in [9.17, 15) is 15.0 Å². The van der Waals surface area contributed by atoms with Crippen molar-refractivity contribution in [3.05, 3.63) is 34.9 Å². The standard InChI is InChI=1S/C15H18O4/c1-7-10-4-3-9(6-16)13(10)14-11(5-12(7)17)8(2)15(18)19-14/h3,11-14,16-17H,2,4-6H2,1H3/t11-,12+,13-,14-/m0/s1. The fraction of sp³-hybridized carbons (Fsp3) is 0.533. The van der Waals surface area contributed by atoms with E-state index in [4.69, 9.17) is 4.74 Å². The summed E-state index contributed by atoms with van der Waals surface area (Å²) in [5.41, 5.74) is 3.37. The van der Waals surface area contributed by atoms with Crippen LogP contribution in [-0.2, 0) is 9.53 Å². The summed E-state index contributed by atoms with van der Waals surface area (Å²) >= 11 is 0. The lowest BCUT2D eigenvalue weighted by molar-refractivity contribution is -0.140. The summed E-state index contributed by atoms with van der Waals surface area (Å²) in [6, 6.07) is 0. The normalized spacial score (nSPS) is 37.7. The van der Waals surface area contributed by atoms with E-state index in [1.165, 1.54) is 0 Å². The first-order valence-corrected chi connectivity index (χ1v) is 6.61. The zero-order chi connectivity index (χ0) is 13.7. The molecule has 2 aliphatic carbocycles. The van der Waals surface area contributed by atoms with E-state index in [1.807, 2.05) is 13.0 Å². The maximum Gasteiger partial charge on any atom is 0.334 e. The van der Waals surface area contributed by atoms with Gasteiger partial charge in [-0.1, -0.05) is 18.2 Å². The van der Waals surface area contributed by atoms with Gasteiger partial charge in [-0.15, -0.1) is 0 Å². The fourth-order valence-electron chi connectivity index (χ4n) is 3.54. The molecule has 3 aliphatic rings. The number of esters is 1. The number of hydrogen-bond donors (Lipinski definition) is 2. The molecule has 19 heavy (non-hydrogen) atoms. The molecule has 1 aliphatic heterocycles. The van der Waals surface area contributed by atoms with E-state index < -0.39 is 6.10 Å². The minimum atomic E-state index is -0.565. The number of ether oxygens (including phenoxy) is 1. The van der Waals surface area contributed by atoms with E-state index in [-0.39, 0.29) is 30.5 Å². The van der Waals surface area contributed by atoms with Crippen LogP contribution < -0.4 is 0 Å². The Morgan fingerprint density at radius 3 is 2.95 bits per heavy atom. The van der Waals surface area contributed by atoms with Gasteiger partial charge in [-0.3, -0.25) is 0 Å². The van der Waals surface area contributed by atoms with E-state index in [0.29, 0.717) is 12.0 Å². The molecule has 4 heteroatoms. The molecule has 0 bridgehead atoms. The lowest BCUT2D eigenvalue weighted by Gasteiger charge is -2.24. The number of aliphatic hydroxyl groups excluding tert-OH is 2. The smallest absolute Gasteiger partial charge is 0.334 e. The van der Waals surface area contributed by atoms with Crippen LogP contribution in [0.3, 0.4) is 0 Å². The summed E-state index contributed by atoms with van der Waals surface area (Å²) in [7, 11) is 0. The Balaban J connectivity index is 2.07. The third kappa shape index (κ3) is 1.70. The van der Waals surface area contributed by atoms with Gasteiger partial charge in [0.25, 0.3) is 0 Å². The van der Waals surface area contributed by atoms with Crippen LogP contribution in [0, 0.1) is 11.8 Å². The van der Waals surface area contributed by atoms with Crippen molar-refractivity contribution in [1.82, 2.24) is 0 Å². The average Bonchev–Trinajstić information content (AvgIpc) is 2.90. The predicted octanol–water partition coefficient (Wildman–Crippen LogP) is 1.10. The first-order chi connectivity index (χ1) is 9.04. The fourth-order valence-corrected chi connectivity index (χ4v) is 3.54. The Hall–Kier alpha value is -1.39. The number of allylic oxidation sites excluding steroid dienone is 1. The van der Waals surface area contributed by atoms with Gasteiger partial charge in [0.15, 0.2) is 0 Å². The summed E-state index contributed by atoms with van der Waals surface area (Å²) in [5, 5.41) is 19.7. The monoisotopic (exact) mass is 262 g/mol. The maximum atomic E-state index is 11.7. The number of carbonyl (C=O) groups is 1. The van der Waals surface area contributed by atoms with Crippen molar-refractivity contribution in [3.8, 4) is 0 Å². The summed E-state index contributed by atoms with van der Waals surface area (Å²) < 4.78 is 5.46. The van der Waals surface area contributed by atoms with Crippen LogP contribution in [0.15, 0.2) is 34.9 Å². The zero-order valence-corrected chi connectivity index (χ0v) is 10.9. The highest BCUT2D eigenvalue weighted by atomic mass is 16.6. The van der Waals surface area contributed by atoms with Gasteiger partial charge >= 0.3 is 5.97 Å². The molecule has 1 fully saturated rings. The molecule has 102 valence electrons. The maximum absolute atomic E-state index is 11.7. The van der Waals surface area contributed by atoms with Crippen molar-refractivity contribution in [2.45, 2.75) is 32.0 Å². The number of aliphatic hydroxyl groups is 2. The van der Waals surface area contributed by atoms with Crippen molar-refractivity contribution >= 4 is 5.97 Å². The van der Waals surface area contributed by atoms with Gasteiger partial charge < -0.3 is 14.9 Å². The lowest BCUT2D eigenvalue weighted by atomic mass is 9.83. The highest BCUT2D eigenvalue weighted by Gasteiger charge is 2.49. The SMILES string of the molecule is C=C1C(=O)O[C@@H]2[C@H]3C(CO)=CCC3=C(C)[C@H](O)C[C@@H]12. The molecular weight excluding hydrogens is 244 g/mol. The van der Waals surface area contributed by atoms with E-state index in [2.05, 4.69) is 6.58 Å². The number of rotatable bonds is 1. The molecule has 1 heterocycles. The van der Waals surface area contributed by atoms with Gasteiger partial charge in [0, 0.05) is 17.4 Å². The van der Waals surface area contributed by atoms with Crippen molar-refractivity contribution in [2.75, 3.05) is 6.61 Å². The Labute approximate surface area is 112 Å². The third-order valence-electron chi connectivity index (χ3n) is 4.70. The second-order valence-electron chi connectivity index (χ2n) is 5.58. The van der Waals surface area contributed by atoms with Crippen LogP contribution >= 0.6 is 0 Å². The van der Waals surface area contributed by atoms with Crippen LogP contribution in [0.5, 0.6) is 0 Å². The van der Waals surface area contributed by atoms with Gasteiger partial charge in [-0.25, -0.2) is 4.79 Å². The van der Waals surface area contributed by atoms with Crippen LogP contribution in [0.2, 0.25) is 0 Å². The van der Waals surface area contributed by atoms with Gasteiger partial charge in [0.2, 0.25) is 0 Å². The minimum Gasteiger partial charge on any atom is -0.457 e. The number of hydrogen-bond acceptors (Lipinski definition) is 4. The largest absolute Gasteiger partial charge is 0.457 e. The van der Waals surface area contributed by atoms with Gasteiger partial charge in [-0.2, -0.15) is 0 Å². The molecule has 0 saturated carbocycles. The molecular formula is C15H18O4. The molecule has 1 saturated heterocycles. The van der Waals surface area contributed by atoms with Gasteiger partial charge in [0.05, 0.1) is 12.7 Å². The third-order valence-corrected chi connectivity index (χ3v) is 4.70. The van der Waals surface area contributed by atoms with E-state index in [1.54, 1.807) is 0 Å². The molecule has 4 atom stereocenters. The summed E-state index contributed by atoms with van der Waals surface area (Å²) in [4.78, 5) is 11.7.